The highest BCUT2D eigenvalue weighted by Crippen LogP contribution is 2.25. The number of anilines is 2. The van der Waals surface area contributed by atoms with Crippen molar-refractivity contribution in [1.82, 2.24) is 10.2 Å². The molecular formula is C24H29ClN4O3S. The minimum atomic E-state index is -0.362. The van der Waals surface area contributed by atoms with Crippen LogP contribution in [0.2, 0.25) is 5.02 Å². The van der Waals surface area contributed by atoms with Gasteiger partial charge in [-0.05, 0) is 60.6 Å². The molecule has 0 spiro atoms. The number of ether oxygens (including phenoxy) is 1. The largest absolute Gasteiger partial charge is 0.495 e. The van der Waals surface area contributed by atoms with E-state index in [4.69, 9.17) is 28.6 Å². The molecule has 0 atom stereocenters. The first-order chi connectivity index (χ1) is 15.8. The fraction of sp³-hybridized carbons (Fsp3) is 0.375. The van der Waals surface area contributed by atoms with Gasteiger partial charge in [0, 0.05) is 49.5 Å². The van der Waals surface area contributed by atoms with Gasteiger partial charge in [-0.1, -0.05) is 25.4 Å². The minimum absolute atomic E-state index is 0.192. The fourth-order valence-corrected chi connectivity index (χ4v) is 4.06. The van der Waals surface area contributed by atoms with Crippen LogP contribution >= 0.6 is 23.8 Å². The second-order valence-electron chi connectivity index (χ2n) is 8.27. The van der Waals surface area contributed by atoms with Gasteiger partial charge in [0.15, 0.2) is 5.11 Å². The number of benzene rings is 2. The summed E-state index contributed by atoms with van der Waals surface area (Å²) in [7, 11) is 1.51. The Morgan fingerprint density at radius 3 is 2.33 bits per heavy atom. The molecule has 2 aromatic carbocycles. The maximum atomic E-state index is 12.4. The Morgan fingerprint density at radius 2 is 1.76 bits per heavy atom. The van der Waals surface area contributed by atoms with Gasteiger partial charge in [-0.25, -0.2) is 0 Å². The molecule has 9 heteroatoms. The van der Waals surface area contributed by atoms with E-state index in [1.807, 2.05) is 29.2 Å². The molecule has 33 heavy (non-hydrogen) atoms. The summed E-state index contributed by atoms with van der Waals surface area (Å²) in [5, 5.41) is 6.21. The molecule has 1 aliphatic rings. The van der Waals surface area contributed by atoms with Crippen LogP contribution in [0.5, 0.6) is 5.75 Å². The van der Waals surface area contributed by atoms with E-state index in [1.54, 1.807) is 12.1 Å². The van der Waals surface area contributed by atoms with Gasteiger partial charge in [0.1, 0.15) is 5.75 Å². The van der Waals surface area contributed by atoms with Gasteiger partial charge < -0.3 is 19.9 Å². The predicted octanol–water partition coefficient (Wildman–Crippen LogP) is 4.17. The predicted molar refractivity (Wildman–Crippen MR) is 136 cm³/mol. The third kappa shape index (κ3) is 6.82. The van der Waals surface area contributed by atoms with Crippen molar-refractivity contribution >= 4 is 52.1 Å². The van der Waals surface area contributed by atoms with Crippen LogP contribution in [0, 0.1) is 5.92 Å². The van der Waals surface area contributed by atoms with E-state index in [2.05, 4.69) is 29.4 Å². The number of rotatable bonds is 6. The zero-order valence-electron chi connectivity index (χ0n) is 19.1. The van der Waals surface area contributed by atoms with Crippen molar-refractivity contribution in [3.05, 3.63) is 53.1 Å². The van der Waals surface area contributed by atoms with E-state index in [9.17, 15) is 9.59 Å². The van der Waals surface area contributed by atoms with Crippen LogP contribution in [0.15, 0.2) is 42.5 Å². The maximum absolute atomic E-state index is 12.4. The summed E-state index contributed by atoms with van der Waals surface area (Å²) in [5.74, 6) is 0.744. The van der Waals surface area contributed by atoms with Crippen LogP contribution in [-0.4, -0.2) is 55.1 Å². The topological polar surface area (TPSA) is 73.9 Å². The Hall–Kier alpha value is -2.84. The number of nitrogens with zero attached hydrogens (tertiary/aromatic N) is 2. The van der Waals surface area contributed by atoms with E-state index in [-0.39, 0.29) is 16.9 Å². The summed E-state index contributed by atoms with van der Waals surface area (Å²) in [6.45, 7) is 7.20. The second kappa shape index (κ2) is 11.3. The number of piperazine rings is 1. The molecule has 1 fully saturated rings. The van der Waals surface area contributed by atoms with Crippen LogP contribution in [0.25, 0.3) is 0 Å². The summed E-state index contributed by atoms with van der Waals surface area (Å²) in [6, 6.07) is 12.6. The molecule has 0 bridgehead atoms. The van der Waals surface area contributed by atoms with Gasteiger partial charge >= 0.3 is 0 Å². The van der Waals surface area contributed by atoms with Crippen LogP contribution in [0.3, 0.4) is 0 Å². The molecular weight excluding hydrogens is 460 g/mol. The molecule has 0 radical (unpaired) electrons. The second-order valence-corrected chi connectivity index (χ2v) is 9.09. The first-order valence-electron chi connectivity index (χ1n) is 10.9. The fourth-order valence-electron chi connectivity index (χ4n) is 3.59. The van der Waals surface area contributed by atoms with Crippen LogP contribution < -0.4 is 20.3 Å². The zero-order chi connectivity index (χ0) is 24.0. The van der Waals surface area contributed by atoms with Crippen molar-refractivity contribution in [2.24, 2.45) is 5.92 Å². The van der Waals surface area contributed by atoms with Gasteiger partial charge in [-0.3, -0.25) is 14.9 Å². The summed E-state index contributed by atoms with van der Waals surface area (Å²) in [4.78, 5) is 28.9. The van der Waals surface area contributed by atoms with E-state index in [1.165, 1.54) is 13.2 Å². The van der Waals surface area contributed by atoms with Crippen LogP contribution in [0.1, 0.15) is 30.6 Å². The number of methoxy groups -OCH3 is 1. The Labute approximate surface area is 205 Å². The Bertz CT molecular complexity index is 1010. The van der Waals surface area contributed by atoms with Crippen LogP contribution in [0.4, 0.5) is 11.4 Å². The molecule has 1 saturated heterocycles. The monoisotopic (exact) mass is 488 g/mol. The zero-order valence-corrected chi connectivity index (χ0v) is 20.6. The molecule has 0 saturated carbocycles. The lowest BCUT2D eigenvalue weighted by Crippen LogP contribution is -2.49. The van der Waals surface area contributed by atoms with Gasteiger partial charge in [-0.2, -0.15) is 0 Å². The highest BCUT2D eigenvalue weighted by atomic mass is 35.5. The van der Waals surface area contributed by atoms with E-state index in [0.29, 0.717) is 28.7 Å². The molecule has 3 rings (SSSR count). The number of nitrogens with one attached hydrogen (secondary N) is 2. The van der Waals surface area contributed by atoms with Gasteiger partial charge in [0.2, 0.25) is 5.91 Å². The van der Waals surface area contributed by atoms with E-state index >= 15 is 0 Å². The number of thiocarbonyl (C=S) groups is 1. The van der Waals surface area contributed by atoms with Crippen molar-refractivity contribution < 1.29 is 14.3 Å². The highest BCUT2D eigenvalue weighted by molar-refractivity contribution is 7.80. The molecule has 2 N–H and O–H groups in total. The molecule has 1 aliphatic heterocycles. The highest BCUT2D eigenvalue weighted by Gasteiger charge is 2.21. The molecule has 2 aromatic rings. The molecule has 176 valence electrons. The average Bonchev–Trinajstić information content (AvgIpc) is 2.79. The number of halogens is 1. The lowest BCUT2D eigenvalue weighted by Gasteiger charge is -2.36. The Morgan fingerprint density at radius 1 is 1.09 bits per heavy atom. The first-order valence-corrected chi connectivity index (χ1v) is 11.6. The summed E-state index contributed by atoms with van der Waals surface area (Å²) in [6.07, 6.45) is 0.600. The normalized spacial score (nSPS) is 13.6. The smallest absolute Gasteiger partial charge is 0.257 e. The average molecular weight is 489 g/mol. The first kappa shape index (κ1) is 24.8. The van der Waals surface area contributed by atoms with Gasteiger partial charge in [0.25, 0.3) is 5.91 Å². The molecule has 1 heterocycles. The van der Waals surface area contributed by atoms with E-state index < -0.39 is 0 Å². The van der Waals surface area contributed by atoms with Crippen molar-refractivity contribution in [2.45, 2.75) is 20.3 Å². The molecule has 0 aliphatic carbocycles. The van der Waals surface area contributed by atoms with Crippen LogP contribution in [-0.2, 0) is 4.79 Å². The Balaban J connectivity index is 1.50. The number of carbonyl (C=O) groups excluding carboxylic acids is 2. The maximum Gasteiger partial charge on any atom is 0.257 e. The lowest BCUT2D eigenvalue weighted by atomic mass is 10.1. The number of amides is 2. The SMILES string of the molecule is COc1ccc(C(=O)NC(=S)Nc2ccc(N3CCN(C(=O)CC(C)C)CC3)cc2)cc1Cl. The molecule has 0 aromatic heterocycles. The minimum Gasteiger partial charge on any atom is -0.495 e. The summed E-state index contributed by atoms with van der Waals surface area (Å²) >= 11 is 11.4. The number of hydrogen-bond donors (Lipinski definition) is 2. The van der Waals surface area contributed by atoms with Crippen molar-refractivity contribution in [3.8, 4) is 5.75 Å². The van der Waals surface area contributed by atoms with Crippen molar-refractivity contribution in [3.63, 3.8) is 0 Å². The molecule has 0 unspecified atom stereocenters. The quantitative estimate of drug-likeness (QED) is 0.594. The Kier molecular flexibility index (Phi) is 8.52. The summed E-state index contributed by atoms with van der Waals surface area (Å²) in [5.41, 5.74) is 2.23. The third-order valence-corrected chi connectivity index (χ3v) is 5.85. The van der Waals surface area contributed by atoms with Gasteiger partial charge in [-0.15, -0.1) is 0 Å². The van der Waals surface area contributed by atoms with E-state index in [0.717, 1.165) is 37.6 Å². The van der Waals surface area contributed by atoms with Crippen molar-refractivity contribution in [1.29, 1.82) is 0 Å². The third-order valence-electron chi connectivity index (χ3n) is 5.35. The summed E-state index contributed by atoms with van der Waals surface area (Å²) < 4.78 is 5.10. The standard InChI is InChI=1S/C24H29ClN4O3S/c1-16(2)14-22(30)29-12-10-28(11-13-29)19-7-5-18(6-8-19)26-24(33)27-23(31)17-4-9-21(32-3)20(25)15-17/h4-9,15-16H,10-14H2,1-3H3,(H2,26,27,31,33). The number of hydrogen-bond acceptors (Lipinski definition) is 5. The molecule has 7 nitrogen and oxygen atoms in total. The number of carbonyl (C=O) groups is 2. The van der Waals surface area contributed by atoms with Crippen molar-refractivity contribution in [2.75, 3.05) is 43.5 Å². The molecule has 2 amide bonds. The lowest BCUT2D eigenvalue weighted by molar-refractivity contribution is -0.132. The van der Waals surface area contributed by atoms with Gasteiger partial charge in [0.05, 0.1) is 12.1 Å².